The molecule has 2 rings (SSSR count). The molecule has 3 nitrogen and oxygen atoms in total. The van der Waals surface area contributed by atoms with Crippen LogP contribution in [0.25, 0.3) is 0 Å². The maximum atomic E-state index is 13.1. The van der Waals surface area contributed by atoms with Crippen molar-refractivity contribution in [3.8, 4) is 0 Å². The topological polar surface area (TPSA) is 51.8 Å². The van der Waals surface area contributed by atoms with Gasteiger partial charge in [-0.3, -0.25) is 9.97 Å². The van der Waals surface area contributed by atoms with Crippen molar-refractivity contribution in [1.82, 2.24) is 9.97 Å². The summed E-state index contributed by atoms with van der Waals surface area (Å²) in [6.07, 6.45) is 5.28. The first-order valence-corrected chi connectivity index (χ1v) is 5.52. The van der Waals surface area contributed by atoms with Crippen molar-refractivity contribution < 1.29 is 4.39 Å². The van der Waals surface area contributed by atoms with Gasteiger partial charge in [-0.1, -0.05) is 13.0 Å². The average molecular weight is 231 g/mol. The molecule has 0 aliphatic carbocycles. The number of rotatable bonds is 3. The van der Waals surface area contributed by atoms with Crippen LogP contribution in [0.4, 0.5) is 4.39 Å². The van der Waals surface area contributed by atoms with Crippen molar-refractivity contribution in [3.63, 3.8) is 0 Å². The summed E-state index contributed by atoms with van der Waals surface area (Å²) >= 11 is 0. The normalized spacial score (nSPS) is 12.4. The van der Waals surface area contributed by atoms with Crippen LogP contribution in [0, 0.1) is 5.82 Å². The van der Waals surface area contributed by atoms with Crippen molar-refractivity contribution in [2.24, 2.45) is 5.73 Å². The molecule has 4 heteroatoms. The third-order valence-electron chi connectivity index (χ3n) is 2.69. The zero-order valence-electron chi connectivity index (χ0n) is 9.60. The molecule has 2 N–H and O–H groups in total. The van der Waals surface area contributed by atoms with E-state index in [1.165, 1.54) is 6.07 Å². The Morgan fingerprint density at radius 2 is 2.24 bits per heavy atom. The highest BCUT2D eigenvalue weighted by Crippen LogP contribution is 2.21. The molecule has 0 spiro atoms. The van der Waals surface area contributed by atoms with E-state index in [-0.39, 0.29) is 5.82 Å². The Labute approximate surface area is 99.5 Å². The molecule has 2 heterocycles. The van der Waals surface area contributed by atoms with Crippen LogP contribution in [0.1, 0.15) is 29.8 Å². The maximum absolute atomic E-state index is 13.1. The molecule has 1 atom stereocenters. The number of pyridine rings is 2. The van der Waals surface area contributed by atoms with Gasteiger partial charge in [-0.15, -0.1) is 0 Å². The second kappa shape index (κ2) is 5.01. The first-order chi connectivity index (χ1) is 8.22. The van der Waals surface area contributed by atoms with E-state index >= 15 is 0 Å². The van der Waals surface area contributed by atoms with E-state index in [9.17, 15) is 4.39 Å². The van der Waals surface area contributed by atoms with Crippen molar-refractivity contribution in [3.05, 3.63) is 59.4 Å². The standard InChI is InChI=1S/C13H14FN3/c1-2-9-4-3-5-17-13(9)12(15)10-6-11(14)8-16-7-10/h3-8,12H,2,15H2,1H3. The highest BCUT2D eigenvalue weighted by atomic mass is 19.1. The Morgan fingerprint density at radius 3 is 2.94 bits per heavy atom. The Balaban J connectivity index is 2.40. The predicted octanol–water partition coefficient (Wildman–Crippen LogP) is 2.23. The molecule has 88 valence electrons. The number of aryl methyl sites for hydroxylation is 1. The molecular formula is C13H14FN3. The van der Waals surface area contributed by atoms with Crippen LogP contribution >= 0.6 is 0 Å². The second-order valence-corrected chi connectivity index (χ2v) is 3.82. The van der Waals surface area contributed by atoms with Gasteiger partial charge in [0.2, 0.25) is 0 Å². The smallest absolute Gasteiger partial charge is 0.141 e. The van der Waals surface area contributed by atoms with Gasteiger partial charge < -0.3 is 5.73 Å². The molecular weight excluding hydrogens is 217 g/mol. The van der Waals surface area contributed by atoms with Crippen LogP contribution in [0.15, 0.2) is 36.8 Å². The Hall–Kier alpha value is -1.81. The molecule has 0 bridgehead atoms. The lowest BCUT2D eigenvalue weighted by atomic mass is 10.0. The minimum Gasteiger partial charge on any atom is -0.319 e. The lowest BCUT2D eigenvalue weighted by Gasteiger charge is -2.14. The van der Waals surface area contributed by atoms with E-state index in [2.05, 4.69) is 9.97 Å². The molecule has 0 fully saturated rings. The molecule has 0 saturated carbocycles. The van der Waals surface area contributed by atoms with Crippen LogP contribution in [-0.2, 0) is 6.42 Å². The number of aromatic nitrogens is 2. The third kappa shape index (κ3) is 2.47. The second-order valence-electron chi connectivity index (χ2n) is 3.82. The largest absolute Gasteiger partial charge is 0.319 e. The van der Waals surface area contributed by atoms with Gasteiger partial charge in [0.05, 0.1) is 17.9 Å². The zero-order valence-corrected chi connectivity index (χ0v) is 9.60. The number of halogens is 1. The van der Waals surface area contributed by atoms with Gasteiger partial charge in [0.15, 0.2) is 0 Å². The summed E-state index contributed by atoms with van der Waals surface area (Å²) in [5, 5.41) is 0. The molecule has 2 aromatic rings. The van der Waals surface area contributed by atoms with Gasteiger partial charge in [-0.25, -0.2) is 4.39 Å². The van der Waals surface area contributed by atoms with Crippen molar-refractivity contribution in [2.45, 2.75) is 19.4 Å². The third-order valence-corrected chi connectivity index (χ3v) is 2.69. The lowest BCUT2D eigenvalue weighted by Crippen LogP contribution is -2.16. The molecule has 1 unspecified atom stereocenters. The van der Waals surface area contributed by atoms with Crippen LogP contribution < -0.4 is 5.73 Å². The molecule has 0 radical (unpaired) electrons. The molecule has 0 aliphatic rings. The van der Waals surface area contributed by atoms with Gasteiger partial charge in [-0.2, -0.15) is 0 Å². The Kier molecular flexibility index (Phi) is 3.44. The lowest BCUT2D eigenvalue weighted by molar-refractivity contribution is 0.615. The van der Waals surface area contributed by atoms with Gasteiger partial charge in [0.25, 0.3) is 0 Å². The van der Waals surface area contributed by atoms with Crippen LogP contribution in [0.5, 0.6) is 0 Å². The summed E-state index contributed by atoms with van der Waals surface area (Å²) in [5.74, 6) is -0.382. The SMILES string of the molecule is CCc1cccnc1C(N)c1cncc(F)c1. The molecule has 2 aromatic heterocycles. The van der Waals surface area contributed by atoms with E-state index < -0.39 is 6.04 Å². The minimum absolute atomic E-state index is 0.382. The summed E-state index contributed by atoms with van der Waals surface area (Å²) in [5.41, 5.74) is 8.58. The van der Waals surface area contributed by atoms with E-state index in [0.29, 0.717) is 5.56 Å². The highest BCUT2D eigenvalue weighted by Gasteiger charge is 2.14. The van der Waals surface area contributed by atoms with Gasteiger partial charge >= 0.3 is 0 Å². The quantitative estimate of drug-likeness (QED) is 0.881. The number of nitrogens with two attached hydrogens (primary N) is 1. The molecule has 17 heavy (non-hydrogen) atoms. The Bertz CT molecular complexity index is 514. The fraction of sp³-hybridized carbons (Fsp3) is 0.231. The maximum Gasteiger partial charge on any atom is 0.141 e. The van der Waals surface area contributed by atoms with Crippen molar-refractivity contribution in [1.29, 1.82) is 0 Å². The summed E-state index contributed by atoms with van der Waals surface area (Å²) in [4.78, 5) is 8.08. The summed E-state index contributed by atoms with van der Waals surface area (Å²) < 4.78 is 13.1. The minimum atomic E-state index is -0.436. The summed E-state index contributed by atoms with van der Waals surface area (Å²) in [6.45, 7) is 2.04. The molecule has 0 aliphatic heterocycles. The van der Waals surface area contributed by atoms with E-state index in [1.807, 2.05) is 19.1 Å². The zero-order chi connectivity index (χ0) is 12.3. The number of hydrogen-bond acceptors (Lipinski definition) is 3. The molecule has 0 aromatic carbocycles. The van der Waals surface area contributed by atoms with Gasteiger partial charge in [-0.05, 0) is 29.7 Å². The van der Waals surface area contributed by atoms with E-state index in [0.717, 1.165) is 23.9 Å². The van der Waals surface area contributed by atoms with Crippen molar-refractivity contribution in [2.75, 3.05) is 0 Å². The van der Waals surface area contributed by atoms with Gasteiger partial charge in [0, 0.05) is 12.4 Å². The Morgan fingerprint density at radius 1 is 1.41 bits per heavy atom. The fourth-order valence-electron chi connectivity index (χ4n) is 1.79. The number of nitrogens with zero attached hydrogens (tertiary/aromatic N) is 2. The molecule has 0 saturated heterocycles. The van der Waals surface area contributed by atoms with E-state index in [1.54, 1.807) is 12.4 Å². The average Bonchev–Trinajstić information content (AvgIpc) is 2.38. The number of hydrogen-bond donors (Lipinski definition) is 1. The monoisotopic (exact) mass is 231 g/mol. The predicted molar refractivity (Wildman–Crippen MR) is 63.8 cm³/mol. The van der Waals surface area contributed by atoms with E-state index in [4.69, 9.17) is 5.73 Å². The van der Waals surface area contributed by atoms with Crippen LogP contribution in [0.2, 0.25) is 0 Å². The van der Waals surface area contributed by atoms with Crippen LogP contribution in [0.3, 0.4) is 0 Å². The van der Waals surface area contributed by atoms with Crippen molar-refractivity contribution >= 4 is 0 Å². The first kappa shape index (κ1) is 11.7. The first-order valence-electron chi connectivity index (χ1n) is 5.52. The summed E-state index contributed by atoms with van der Waals surface area (Å²) in [7, 11) is 0. The highest BCUT2D eigenvalue weighted by molar-refractivity contribution is 5.31. The van der Waals surface area contributed by atoms with Gasteiger partial charge in [0.1, 0.15) is 5.82 Å². The fourth-order valence-corrected chi connectivity index (χ4v) is 1.79. The van der Waals surface area contributed by atoms with Crippen LogP contribution in [-0.4, -0.2) is 9.97 Å². The summed E-state index contributed by atoms with van der Waals surface area (Å²) in [6, 6.07) is 4.81. The molecule has 0 amide bonds.